The number of benzene rings is 1. The van der Waals surface area contributed by atoms with E-state index in [1.807, 2.05) is 18.2 Å². The monoisotopic (exact) mass is 257 g/mol. The van der Waals surface area contributed by atoms with Crippen molar-refractivity contribution in [2.45, 2.75) is 25.3 Å². The number of nitrogens with one attached hydrogen (secondary N) is 1. The van der Waals surface area contributed by atoms with Gasteiger partial charge in [-0.1, -0.05) is 17.7 Å². The van der Waals surface area contributed by atoms with E-state index in [1.165, 1.54) is 5.56 Å². The molecule has 0 saturated heterocycles. The first-order valence-corrected chi connectivity index (χ1v) is 6.25. The Balaban J connectivity index is 2.24. The van der Waals surface area contributed by atoms with Gasteiger partial charge in [0.1, 0.15) is 5.88 Å². The van der Waals surface area contributed by atoms with Crippen LogP contribution in [-0.4, -0.2) is 11.8 Å². The average Bonchev–Trinajstić information content (AvgIpc) is 2.29. The molecule has 1 unspecified atom stereocenters. The molecule has 0 bridgehead atoms. The predicted octanol–water partition coefficient (Wildman–Crippen LogP) is 3.07. The second-order valence-corrected chi connectivity index (χ2v) is 4.69. The van der Waals surface area contributed by atoms with E-state index in [1.54, 1.807) is 0 Å². The predicted molar refractivity (Wildman–Crippen MR) is 66.0 cm³/mol. The van der Waals surface area contributed by atoms with Crippen LogP contribution < -0.4 is 5.32 Å². The third kappa shape index (κ3) is 2.50. The van der Waals surface area contributed by atoms with Gasteiger partial charge in [0, 0.05) is 5.02 Å². The van der Waals surface area contributed by atoms with Crippen LogP contribution in [0.3, 0.4) is 0 Å². The van der Waals surface area contributed by atoms with E-state index >= 15 is 0 Å². The van der Waals surface area contributed by atoms with Crippen molar-refractivity contribution in [2.75, 3.05) is 5.88 Å². The Kier molecular flexibility index (Phi) is 3.72. The lowest BCUT2D eigenvalue weighted by atomic mass is 9.88. The van der Waals surface area contributed by atoms with E-state index in [0.717, 1.165) is 24.8 Å². The molecule has 16 heavy (non-hydrogen) atoms. The molecule has 1 amide bonds. The van der Waals surface area contributed by atoms with Crippen molar-refractivity contribution < 1.29 is 4.79 Å². The lowest BCUT2D eigenvalue weighted by molar-refractivity contribution is -0.119. The Hall–Kier alpha value is -0.730. The first kappa shape index (κ1) is 11.7. The SMILES string of the molecule is O=C(CCl)NC1CCCc2ccc(Cl)cc21. The maximum absolute atomic E-state index is 11.3. The molecule has 0 fully saturated rings. The second-order valence-electron chi connectivity index (χ2n) is 3.99. The molecule has 86 valence electrons. The number of fused-ring (bicyclic) bond motifs is 1. The average molecular weight is 258 g/mol. The van der Waals surface area contributed by atoms with Gasteiger partial charge in [-0.05, 0) is 42.5 Å². The number of halogens is 2. The number of aryl methyl sites for hydroxylation is 1. The zero-order chi connectivity index (χ0) is 11.5. The first-order chi connectivity index (χ1) is 7.70. The van der Waals surface area contributed by atoms with Crippen LogP contribution >= 0.6 is 23.2 Å². The molecular weight excluding hydrogens is 245 g/mol. The van der Waals surface area contributed by atoms with Gasteiger partial charge in [-0.15, -0.1) is 11.6 Å². The van der Waals surface area contributed by atoms with Crippen LogP contribution in [0.2, 0.25) is 5.02 Å². The fraction of sp³-hybridized carbons (Fsp3) is 0.417. The lowest BCUT2D eigenvalue weighted by Crippen LogP contribution is -2.31. The van der Waals surface area contributed by atoms with Crippen LogP contribution in [0.1, 0.15) is 30.0 Å². The Morgan fingerprint density at radius 3 is 3.06 bits per heavy atom. The maximum Gasteiger partial charge on any atom is 0.235 e. The minimum atomic E-state index is -0.125. The van der Waals surface area contributed by atoms with E-state index < -0.39 is 0 Å². The van der Waals surface area contributed by atoms with Crippen LogP contribution in [0, 0.1) is 0 Å². The highest BCUT2D eigenvalue weighted by Crippen LogP contribution is 2.31. The highest BCUT2D eigenvalue weighted by molar-refractivity contribution is 6.30. The van der Waals surface area contributed by atoms with Gasteiger partial charge in [0.2, 0.25) is 5.91 Å². The van der Waals surface area contributed by atoms with E-state index in [4.69, 9.17) is 23.2 Å². The van der Waals surface area contributed by atoms with Crippen LogP contribution in [0.5, 0.6) is 0 Å². The minimum absolute atomic E-state index is 0.00635. The summed E-state index contributed by atoms with van der Waals surface area (Å²) in [4.78, 5) is 11.3. The van der Waals surface area contributed by atoms with Crippen molar-refractivity contribution in [2.24, 2.45) is 0 Å². The summed E-state index contributed by atoms with van der Waals surface area (Å²) in [6.07, 6.45) is 3.09. The first-order valence-electron chi connectivity index (χ1n) is 5.34. The van der Waals surface area contributed by atoms with E-state index in [2.05, 4.69) is 5.32 Å². The van der Waals surface area contributed by atoms with Crippen LogP contribution in [-0.2, 0) is 11.2 Å². The molecule has 0 radical (unpaired) electrons. The van der Waals surface area contributed by atoms with E-state index in [0.29, 0.717) is 5.02 Å². The fourth-order valence-electron chi connectivity index (χ4n) is 2.15. The standard InChI is InChI=1S/C12H13Cl2NO/c13-7-12(16)15-11-3-1-2-8-4-5-9(14)6-10(8)11/h4-6,11H,1-3,7H2,(H,15,16). The molecule has 0 heterocycles. The lowest BCUT2D eigenvalue weighted by Gasteiger charge is -2.26. The second kappa shape index (κ2) is 5.07. The Morgan fingerprint density at radius 1 is 1.50 bits per heavy atom. The molecule has 2 rings (SSSR count). The van der Waals surface area contributed by atoms with Crippen molar-refractivity contribution in [1.82, 2.24) is 5.32 Å². The molecule has 0 aliphatic heterocycles. The van der Waals surface area contributed by atoms with Crippen LogP contribution in [0.4, 0.5) is 0 Å². The zero-order valence-corrected chi connectivity index (χ0v) is 10.3. The van der Waals surface area contributed by atoms with Crippen LogP contribution in [0.25, 0.3) is 0 Å². The summed E-state index contributed by atoms with van der Waals surface area (Å²) in [5.41, 5.74) is 2.41. The molecule has 0 saturated carbocycles. The summed E-state index contributed by atoms with van der Waals surface area (Å²) >= 11 is 11.5. The van der Waals surface area contributed by atoms with Gasteiger partial charge in [0.05, 0.1) is 6.04 Å². The van der Waals surface area contributed by atoms with Gasteiger partial charge in [-0.25, -0.2) is 0 Å². The van der Waals surface area contributed by atoms with Crippen LogP contribution in [0.15, 0.2) is 18.2 Å². The molecule has 1 N–H and O–H groups in total. The number of carbonyl (C=O) groups excluding carboxylic acids is 1. The van der Waals surface area contributed by atoms with Crippen molar-refractivity contribution in [1.29, 1.82) is 0 Å². The highest BCUT2D eigenvalue weighted by Gasteiger charge is 2.21. The highest BCUT2D eigenvalue weighted by atomic mass is 35.5. The smallest absolute Gasteiger partial charge is 0.235 e. The number of alkyl halides is 1. The van der Waals surface area contributed by atoms with E-state index in [-0.39, 0.29) is 17.8 Å². The molecule has 2 nitrogen and oxygen atoms in total. The number of hydrogen-bond donors (Lipinski definition) is 1. The summed E-state index contributed by atoms with van der Waals surface area (Å²) in [5.74, 6) is -0.119. The third-order valence-electron chi connectivity index (χ3n) is 2.88. The topological polar surface area (TPSA) is 29.1 Å². The van der Waals surface area contributed by atoms with Crippen molar-refractivity contribution in [3.05, 3.63) is 34.3 Å². The van der Waals surface area contributed by atoms with Gasteiger partial charge >= 0.3 is 0 Å². The molecule has 4 heteroatoms. The maximum atomic E-state index is 11.3. The molecule has 1 aromatic carbocycles. The number of hydrogen-bond acceptors (Lipinski definition) is 1. The molecule has 1 aromatic rings. The molecule has 1 aliphatic rings. The minimum Gasteiger partial charge on any atom is -0.348 e. The van der Waals surface area contributed by atoms with E-state index in [9.17, 15) is 4.79 Å². The normalized spacial score (nSPS) is 19.0. The fourth-order valence-corrected chi connectivity index (χ4v) is 2.41. The van der Waals surface area contributed by atoms with Gasteiger partial charge in [0.15, 0.2) is 0 Å². The summed E-state index contributed by atoms with van der Waals surface area (Å²) in [6, 6.07) is 5.94. The Morgan fingerprint density at radius 2 is 2.31 bits per heavy atom. The quantitative estimate of drug-likeness (QED) is 0.811. The molecule has 1 atom stereocenters. The van der Waals surface area contributed by atoms with Crippen molar-refractivity contribution in [3.63, 3.8) is 0 Å². The summed E-state index contributed by atoms with van der Waals surface area (Å²) in [6.45, 7) is 0. The van der Waals surface area contributed by atoms with Crippen molar-refractivity contribution >= 4 is 29.1 Å². The zero-order valence-electron chi connectivity index (χ0n) is 8.80. The number of amides is 1. The van der Waals surface area contributed by atoms with Gasteiger partial charge in [-0.3, -0.25) is 4.79 Å². The summed E-state index contributed by atoms with van der Waals surface area (Å²) < 4.78 is 0. The van der Waals surface area contributed by atoms with Gasteiger partial charge in [-0.2, -0.15) is 0 Å². The van der Waals surface area contributed by atoms with Gasteiger partial charge in [0.25, 0.3) is 0 Å². The third-order valence-corrected chi connectivity index (χ3v) is 3.36. The van der Waals surface area contributed by atoms with Gasteiger partial charge < -0.3 is 5.32 Å². The number of carbonyl (C=O) groups is 1. The Labute approximate surface area is 105 Å². The largest absolute Gasteiger partial charge is 0.348 e. The summed E-state index contributed by atoms with van der Waals surface area (Å²) in [5, 5.41) is 3.64. The molecule has 1 aliphatic carbocycles. The van der Waals surface area contributed by atoms with Crippen molar-refractivity contribution in [3.8, 4) is 0 Å². The summed E-state index contributed by atoms with van der Waals surface area (Å²) in [7, 11) is 0. The number of rotatable bonds is 2. The molecule has 0 spiro atoms. The Bertz CT molecular complexity index is 406. The molecule has 0 aromatic heterocycles. The molecular formula is C12H13Cl2NO.